The molecule has 0 atom stereocenters. The molecule has 1 nitrogen and oxygen atoms in total. The average Bonchev–Trinajstić information content (AvgIpc) is 1.97. The Kier molecular flexibility index (Phi) is 2.81. The number of pyridine rings is 1. The van der Waals surface area contributed by atoms with Crippen LogP contribution in [0.15, 0.2) is 6.07 Å². The lowest BCUT2D eigenvalue weighted by atomic mass is 10.5. The number of hydrogen-bond donors (Lipinski definition) is 0. The van der Waals surface area contributed by atoms with Gasteiger partial charge < -0.3 is 0 Å². The van der Waals surface area contributed by atoms with Crippen LogP contribution in [0.1, 0.15) is 0 Å². The molecule has 0 N–H and O–H groups in total. The van der Waals surface area contributed by atoms with Crippen LogP contribution in [0.4, 0.5) is 4.48 Å². The van der Waals surface area contributed by atoms with E-state index in [1.165, 1.54) is 6.07 Å². The zero-order valence-electron chi connectivity index (χ0n) is 4.91. The van der Waals surface area contributed by atoms with Gasteiger partial charge in [0.2, 0.25) is 0 Å². The van der Waals surface area contributed by atoms with Crippen molar-refractivity contribution in [3.8, 4) is 0 Å². The second-order valence-corrected chi connectivity index (χ2v) is 3.23. The molecule has 1 aromatic rings. The molecule has 6 heteroatoms. The topological polar surface area (TPSA) is 3.88 Å². The summed E-state index contributed by atoms with van der Waals surface area (Å²) in [5, 5.41) is -0.547. The van der Waals surface area contributed by atoms with Crippen molar-refractivity contribution in [2.24, 2.45) is 0 Å². The van der Waals surface area contributed by atoms with E-state index in [1.807, 2.05) is 0 Å². The molecule has 1 aromatic heterocycles. The minimum absolute atomic E-state index is 0.00772. The van der Waals surface area contributed by atoms with Crippen molar-refractivity contribution >= 4 is 46.4 Å². The van der Waals surface area contributed by atoms with Crippen LogP contribution in [0, 0.1) is 0 Å². The fraction of sp³-hybridized carbons (Fsp3) is 0. The number of halogens is 5. The Labute approximate surface area is 82.2 Å². The first-order chi connectivity index (χ1) is 5.04. The summed E-state index contributed by atoms with van der Waals surface area (Å²) < 4.78 is 12.7. The zero-order chi connectivity index (χ0) is 8.59. The highest BCUT2D eigenvalue weighted by Crippen LogP contribution is 2.26. The molecule has 0 aliphatic heterocycles. The van der Waals surface area contributed by atoms with Crippen LogP contribution in [-0.4, -0.2) is 0 Å². The summed E-state index contributed by atoms with van der Waals surface area (Å²) in [6, 6.07) is 1.27. The smallest absolute Gasteiger partial charge is 0.0757 e. The lowest BCUT2D eigenvalue weighted by Gasteiger charge is -1.91. The molecule has 0 spiro atoms. The molecule has 11 heavy (non-hydrogen) atoms. The molecular formula is C5HCl4FN+. The van der Waals surface area contributed by atoms with Gasteiger partial charge in [-0.3, -0.25) is 0 Å². The summed E-state index contributed by atoms with van der Waals surface area (Å²) in [6.45, 7) is 0. The van der Waals surface area contributed by atoms with Crippen LogP contribution in [0.2, 0.25) is 20.4 Å². The molecule has 0 bridgehead atoms. The van der Waals surface area contributed by atoms with E-state index in [1.54, 1.807) is 0 Å². The van der Waals surface area contributed by atoms with Gasteiger partial charge in [-0.05, 0) is 29.3 Å². The first-order valence-electron chi connectivity index (χ1n) is 2.45. The molecule has 60 valence electrons. The third-order valence-electron chi connectivity index (χ3n) is 0.992. The van der Waals surface area contributed by atoms with Crippen molar-refractivity contribution in [3.63, 3.8) is 0 Å². The van der Waals surface area contributed by atoms with E-state index >= 15 is 0 Å². The fourth-order valence-corrected chi connectivity index (χ4v) is 1.25. The Morgan fingerprint density at radius 3 is 1.73 bits per heavy atom. The van der Waals surface area contributed by atoms with Crippen LogP contribution in [-0.2, 0) is 0 Å². The molecule has 0 aliphatic carbocycles. The molecule has 0 saturated heterocycles. The molecule has 1 rings (SSSR count). The van der Waals surface area contributed by atoms with Crippen LogP contribution in [0.5, 0.6) is 0 Å². The minimum atomic E-state index is -0.291. The van der Waals surface area contributed by atoms with Gasteiger partial charge in [-0.2, -0.15) is 0 Å². The van der Waals surface area contributed by atoms with Gasteiger partial charge in [-0.15, -0.1) is 0 Å². The van der Waals surface area contributed by atoms with E-state index in [-0.39, 0.29) is 25.1 Å². The molecule has 1 heterocycles. The van der Waals surface area contributed by atoms with Gasteiger partial charge in [0.1, 0.15) is 10.0 Å². The third kappa shape index (κ3) is 1.70. The summed E-state index contributed by atoms with van der Waals surface area (Å²) in [5.41, 5.74) is 0. The molecule has 0 radical (unpaired) electrons. The summed E-state index contributed by atoms with van der Waals surface area (Å²) in [4.78, 5) is 0.00772. The highest BCUT2D eigenvalue weighted by atomic mass is 35.5. The summed E-state index contributed by atoms with van der Waals surface area (Å²) in [7, 11) is 0. The Hall–Kier alpha value is 0.240. The van der Waals surface area contributed by atoms with Crippen molar-refractivity contribution in [2.45, 2.75) is 0 Å². The molecule has 0 aromatic carbocycles. The predicted octanol–water partition coefficient (Wildman–Crippen LogP) is 3.32. The second kappa shape index (κ2) is 3.31. The maximum Gasteiger partial charge on any atom is 0.342 e. The van der Waals surface area contributed by atoms with Gasteiger partial charge in [-0.25, -0.2) is 0 Å². The number of hydrogen-bond acceptors (Lipinski definition) is 0. The summed E-state index contributed by atoms with van der Waals surface area (Å²) >= 11 is 21.6. The van der Waals surface area contributed by atoms with Crippen molar-refractivity contribution in [3.05, 3.63) is 26.4 Å². The number of nitrogens with zero attached hydrogens (tertiary/aromatic N) is 1. The van der Waals surface area contributed by atoms with Crippen LogP contribution < -0.4 is 4.79 Å². The Bertz CT molecular complexity index is 275. The summed E-state index contributed by atoms with van der Waals surface area (Å²) in [5.74, 6) is 0. The largest absolute Gasteiger partial charge is 0.342 e. The van der Waals surface area contributed by atoms with Crippen molar-refractivity contribution in [1.82, 2.24) is 0 Å². The van der Waals surface area contributed by atoms with Gasteiger partial charge in [0, 0.05) is 0 Å². The molecule has 0 unspecified atom stereocenters. The molecule has 0 saturated carbocycles. The molecule has 0 fully saturated rings. The first kappa shape index (κ1) is 9.33. The van der Waals surface area contributed by atoms with E-state index in [2.05, 4.69) is 0 Å². The lowest BCUT2D eigenvalue weighted by Crippen LogP contribution is -2.25. The van der Waals surface area contributed by atoms with E-state index in [0.29, 0.717) is 0 Å². The molecular weight excluding hydrogens is 235 g/mol. The quantitative estimate of drug-likeness (QED) is 0.608. The molecule has 0 amide bonds. The van der Waals surface area contributed by atoms with Gasteiger partial charge in [0.25, 0.3) is 0 Å². The Morgan fingerprint density at radius 2 is 1.36 bits per heavy atom. The van der Waals surface area contributed by atoms with E-state index in [4.69, 9.17) is 46.4 Å². The maximum atomic E-state index is 12.7. The third-order valence-corrected chi connectivity index (χ3v) is 2.47. The highest BCUT2D eigenvalue weighted by Gasteiger charge is 2.22. The number of aromatic nitrogens is 1. The average molecular weight is 236 g/mol. The van der Waals surface area contributed by atoms with E-state index in [9.17, 15) is 4.48 Å². The van der Waals surface area contributed by atoms with Crippen LogP contribution in [0.25, 0.3) is 0 Å². The monoisotopic (exact) mass is 234 g/mol. The number of rotatable bonds is 0. The van der Waals surface area contributed by atoms with Crippen molar-refractivity contribution < 1.29 is 9.27 Å². The van der Waals surface area contributed by atoms with E-state index < -0.39 is 0 Å². The molecule has 0 aliphatic rings. The first-order valence-corrected chi connectivity index (χ1v) is 3.96. The Balaban J connectivity index is 3.46. The normalized spacial score (nSPS) is 10.3. The van der Waals surface area contributed by atoms with Gasteiger partial charge in [0.15, 0.2) is 0 Å². The SMILES string of the molecule is F[n+]1c(Cl)c(Cl)cc(Cl)c1Cl. The fourth-order valence-electron chi connectivity index (χ4n) is 0.504. The van der Waals surface area contributed by atoms with Crippen molar-refractivity contribution in [2.75, 3.05) is 0 Å². The van der Waals surface area contributed by atoms with Gasteiger partial charge >= 0.3 is 10.3 Å². The zero-order valence-corrected chi connectivity index (χ0v) is 7.94. The second-order valence-electron chi connectivity index (χ2n) is 1.70. The minimum Gasteiger partial charge on any atom is -0.0757 e. The van der Waals surface area contributed by atoms with Crippen molar-refractivity contribution in [1.29, 1.82) is 0 Å². The van der Waals surface area contributed by atoms with Gasteiger partial charge in [0.05, 0.1) is 9.27 Å². The van der Waals surface area contributed by atoms with Gasteiger partial charge in [-0.1, -0.05) is 23.2 Å². The Morgan fingerprint density at radius 1 is 1.00 bits per heavy atom. The standard InChI is InChI=1S/C5HCl4FN/c6-2-1-3(7)5(9)11(10)4(2)8/h1H/q+1. The van der Waals surface area contributed by atoms with E-state index in [0.717, 1.165) is 0 Å². The summed E-state index contributed by atoms with van der Waals surface area (Å²) in [6.07, 6.45) is 0. The maximum absolute atomic E-state index is 12.7. The predicted molar refractivity (Wildman–Crippen MR) is 43.2 cm³/mol. The van der Waals surface area contributed by atoms with Crippen LogP contribution in [0.3, 0.4) is 0 Å². The highest BCUT2D eigenvalue weighted by molar-refractivity contribution is 6.44. The lowest BCUT2D eigenvalue weighted by molar-refractivity contribution is -0.839. The van der Waals surface area contributed by atoms with Crippen LogP contribution >= 0.6 is 46.4 Å².